The average Bonchev–Trinajstić information content (AvgIpc) is 3.19. The van der Waals surface area contributed by atoms with E-state index in [1.807, 2.05) is 45.0 Å². The molecule has 0 N–H and O–H groups in total. The normalized spacial score (nSPS) is 20.7. The zero-order valence-corrected chi connectivity index (χ0v) is 15.2. The molecule has 1 aliphatic heterocycles. The number of amides is 1. The average molecular weight is 354 g/mol. The van der Waals surface area contributed by atoms with Crippen molar-refractivity contribution in [3.05, 3.63) is 47.6 Å². The Kier molecular flexibility index (Phi) is 4.24. The minimum atomic E-state index is -0.116. The summed E-state index contributed by atoms with van der Waals surface area (Å²) in [4.78, 5) is 19.0. The number of rotatable bonds is 3. The highest BCUT2D eigenvalue weighted by Crippen LogP contribution is 2.19. The van der Waals surface area contributed by atoms with E-state index < -0.39 is 0 Å². The van der Waals surface area contributed by atoms with Crippen molar-refractivity contribution >= 4 is 16.9 Å². The van der Waals surface area contributed by atoms with Crippen LogP contribution in [0.1, 0.15) is 35.9 Å². The molecule has 1 aromatic carbocycles. The number of morpholine rings is 1. The molecule has 0 bridgehead atoms. The molecule has 7 nitrogen and oxygen atoms in total. The van der Waals surface area contributed by atoms with Crippen LogP contribution in [0, 0.1) is 6.92 Å². The summed E-state index contributed by atoms with van der Waals surface area (Å²) in [5.41, 5.74) is 2.31. The molecule has 1 fully saturated rings. The number of hydrogen-bond donors (Lipinski definition) is 0. The van der Waals surface area contributed by atoms with E-state index in [2.05, 4.69) is 14.7 Å². The lowest BCUT2D eigenvalue weighted by molar-refractivity contribution is -0.0588. The Labute approximate surface area is 151 Å². The second-order valence-electron chi connectivity index (χ2n) is 6.88. The van der Waals surface area contributed by atoms with E-state index in [4.69, 9.17) is 9.26 Å². The third-order valence-corrected chi connectivity index (χ3v) is 4.64. The lowest BCUT2D eigenvalue weighted by Gasteiger charge is -2.34. The van der Waals surface area contributed by atoms with E-state index in [0.29, 0.717) is 31.1 Å². The third kappa shape index (κ3) is 3.10. The van der Waals surface area contributed by atoms with Gasteiger partial charge in [0.2, 0.25) is 0 Å². The quantitative estimate of drug-likeness (QED) is 0.723. The summed E-state index contributed by atoms with van der Waals surface area (Å²) in [6, 6.07) is 9.68. The predicted molar refractivity (Wildman–Crippen MR) is 96.0 cm³/mol. The van der Waals surface area contributed by atoms with Crippen LogP contribution in [0.4, 0.5) is 0 Å². The first-order valence-electron chi connectivity index (χ1n) is 8.83. The number of imidazole rings is 1. The van der Waals surface area contributed by atoms with Crippen molar-refractivity contribution in [1.29, 1.82) is 0 Å². The molecule has 0 saturated carbocycles. The maximum absolute atomic E-state index is 12.7. The van der Waals surface area contributed by atoms with Gasteiger partial charge in [0, 0.05) is 19.2 Å². The van der Waals surface area contributed by atoms with Crippen LogP contribution in [0.5, 0.6) is 0 Å². The molecule has 136 valence electrons. The molecule has 0 radical (unpaired) electrons. The van der Waals surface area contributed by atoms with Gasteiger partial charge in [0.25, 0.3) is 5.91 Å². The maximum atomic E-state index is 12.7. The molecular weight excluding hydrogens is 332 g/mol. The molecule has 2 aromatic heterocycles. The van der Waals surface area contributed by atoms with Crippen LogP contribution in [0.25, 0.3) is 11.0 Å². The van der Waals surface area contributed by atoms with Crippen molar-refractivity contribution in [2.75, 3.05) is 13.1 Å². The van der Waals surface area contributed by atoms with Crippen LogP contribution in [0.2, 0.25) is 0 Å². The lowest BCUT2D eigenvalue weighted by atomic mass is 10.2. The Morgan fingerprint density at radius 1 is 1.23 bits per heavy atom. The standard InChI is InChI=1S/C19H22N4O3/c1-12-9-22(10-13(2)25-12)19(24)17-8-15(26-21-17)11-23-14(3)20-16-6-4-5-7-18(16)23/h4-8,12-13H,9-11H2,1-3H3/t12-,13+. The van der Waals surface area contributed by atoms with Crippen molar-refractivity contribution < 1.29 is 14.1 Å². The second-order valence-corrected chi connectivity index (χ2v) is 6.88. The number of nitrogens with zero attached hydrogens (tertiary/aromatic N) is 4. The number of carbonyl (C=O) groups is 1. The molecule has 1 aliphatic rings. The van der Waals surface area contributed by atoms with E-state index in [9.17, 15) is 4.79 Å². The monoisotopic (exact) mass is 354 g/mol. The number of carbonyl (C=O) groups excluding carboxylic acids is 1. The topological polar surface area (TPSA) is 73.4 Å². The van der Waals surface area contributed by atoms with Gasteiger partial charge >= 0.3 is 0 Å². The highest BCUT2D eigenvalue weighted by atomic mass is 16.5. The van der Waals surface area contributed by atoms with E-state index in [0.717, 1.165) is 16.9 Å². The molecule has 7 heteroatoms. The molecule has 2 atom stereocenters. The smallest absolute Gasteiger partial charge is 0.276 e. The third-order valence-electron chi connectivity index (χ3n) is 4.64. The van der Waals surface area contributed by atoms with E-state index in [1.165, 1.54) is 0 Å². The zero-order valence-electron chi connectivity index (χ0n) is 15.2. The van der Waals surface area contributed by atoms with Gasteiger partial charge in [0.1, 0.15) is 5.82 Å². The van der Waals surface area contributed by atoms with E-state index in [-0.39, 0.29) is 18.1 Å². The highest BCUT2D eigenvalue weighted by molar-refractivity contribution is 5.92. The number of fused-ring (bicyclic) bond motifs is 1. The van der Waals surface area contributed by atoms with Gasteiger partial charge in [-0.25, -0.2) is 4.98 Å². The number of aryl methyl sites for hydroxylation is 1. The van der Waals surface area contributed by atoms with Crippen molar-refractivity contribution in [3.8, 4) is 0 Å². The summed E-state index contributed by atoms with van der Waals surface area (Å²) in [5.74, 6) is 1.41. The first-order valence-corrected chi connectivity index (χ1v) is 8.83. The molecule has 26 heavy (non-hydrogen) atoms. The minimum absolute atomic E-state index is 0.0223. The van der Waals surface area contributed by atoms with Crippen LogP contribution < -0.4 is 0 Å². The molecular formula is C19H22N4O3. The fraction of sp³-hybridized carbons (Fsp3) is 0.421. The number of hydrogen-bond acceptors (Lipinski definition) is 5. The van der Waals surface area contributed by atoms with Crippen molar-refractivity contribution in [2.45, 2.75) is 39.5 Å². The summed E-state index contributed by atoms with van der Waals surface area (Å²) < 4.78 is 13.2. The summed E-state index contributed by atoms with van der Waals surface area (Å²) >= 11 is 0. The fourth-order valence-electron chi connectivity index (χ4n) is 3.55. The number of aromatic nitrogens is 3. The predicted octanol–water partition coefficient (Wildman–Crippen LogP) is 2.63. The Morgan fingerprint density at radius 2 is 1.96 bits per heavy atom. The molecule has 3 aromatic rings. The Hall–Kier alpha value is -2.67. The Bertz CT molecular complexity index is 935. The molecule has 0 aliphatic carbocycles. The molecule has 1 saturated heterocycles. The number of ether oxygens (including phenoxy) is 1. The summed E-state index contributed by atoms with van der Waals surface area (Å²) in [5, 5.41) is 3.99. The first-order chi connectivity index (χ1) is 12.5. The molecule has 4 rings (SSSR count). The fourth-order valence-corrected chi connectivity index (χ4v) is 3.55. The maximum Gasteiger partial charge on any atom is 0.276 e. The Balaban J connectivity index is 1.54. The van der Waals surface area contributed by atoms with E-state index >= 15 is 0 Å². The van der Waals surface area contributed by atoms with Crippen LogP contribution in [0.3, 0.4) is 0 Å². The number of para-hydroxylation sites is 2. The van der Waals surface area contributed by atoms with Crippen molar-refractivity contribution in [3.63, 3.8) is 0 Å². The van der Waals surface area contributed by atoms with Gasteiger partial charge in [-0.2, -0.15) is 0 Å². The van der Waals surface area contributed by atoms with Crippen LogP contribution >= 0.6 is 0 Å². The molecule has 3 heterocycles. The summed E-state index contributed by atoms with van der Waals surface area (Å²) in [6.45, 7) is 7.52. The Morgan fingerprint density at radius 3 is 2.73 bits per heavy atom. The van der Waals surface area contributed by atoms with Gasteiger partial charge < -0.3 is 18.7 Å². The van der Waals surface area contributed by atoms with Crippen molar-refractivity contribution in [1.82, 2.24) is 19.6 Å². The SMILES string of the molecule is Cc1nc2ccccc2n1Cc1cc(C(=O)N2C[C@@H](C)O[C@@H](C)C2)no1. The highest BCUT2D eigenvalue weighted by Gasteiger charge is 2.28. The second kappa shape index (κ2) is 6.57. The van der Waals surface area contributed by atoms with Gasteiger partial charge in [0.15, 0.2) is 11.5 Å². The van der Waals surface area contributed by atoms with E-state index in [1.54, 1.807) is 11.0 Å². The van der Waals surface area contributed by atoms with Gasteiger partial charge in [-0.1, -0.05) is 17.3 Å². The summed E-state index contributed by atoms with van der Waals surface area (Å²) in [7, 11) is 0. The largest absolute Gasteiger partial charge is 0.372 e. The van der Waals surface area contributed by atoms with Crippen molar-refractivity contribution in [2.24, 2.45) is 0 Å². The van der Waals surface area contributed by atoms with Gasteiger partial charge in [-0.3, -0.25) is 4.79 Å². The molecule has 0 spiro atoms. The van der Waals surface area contributed by atoms with Crippen LogP contribution in [0.15, 0.2) is 34.9 Å². The summed E-state index contributed by atoms with van der Waals surface area (Å²) in [6.07, 6.45) is 0.0445. The molecule has 0 unspecified atom stereocenters. The van der Waals surface area contributed by atoms with Gasteiger partial charge in [-0.15, -0.1) is 0 Å². The first kappa shape index (κ1) is 16.8. The van der Waals surface area contributed by atoms with Crippen LogP contribution in [-0.2, 0) is 11.3 Å². The lowest BCUT2D eigenvalue weighted by Crippen LogP contribution is -2.48. The minimum Gasteiger partial charge on any atom is -0.372 e. The van der Waals surface area contributed by atoms with Gasteiger partial charge in [-0.05, 0) is 32.9 Å². The van der Waals surface area contributed by atoms with Gasteiger partial charge in [0.05, 0.1) is 29.8 Å². The van der Waals surface area contributed by atoms with Crippen LogP contribution in [-0.4, -0.2) is 50.8 Å². The number of benzene rings is 1. The zero-order chi connectivity index (χ0) is 18.3. The molecule has 1 amide bonds.